The van der Waals surface area contributed by atoms with Crippen LogP contribution in [-0.2, 0) is 11.2 Å². The largest absolute Gasteiger partial charge is 0.317 e. The summed E-state index contributed by atoms with van der Waals surface area (Å²) in [6.45, 7) is 12.7. The van der Waals surface area contributed by atoms with Gasteiger partial charge in [0, 0.05) is 11.4 Å². The van der Waals surface area contributed by atoms with Gasteiger partial charge in [-0.2, -0.15) is 0 Å². The second-order valence-corrected chi connectivity index (χ2v) is 9.33. The lowest BCUT2D eigenvalue weighted by atomic mass is 10.1. The van der Waals surface area contributed by atoms with Crippen LogP contribution in [0.4, 0.5) is 5.69 Å². The summed E-state index contributed by atoms with van der Waals surface area (Å²) in [5.41, 5.74) is 10.4. The van der Waals surface area contributed by atoms with Gasteiger partial charge >= 0.3 is 0 Å². The van der Waals surface area contributed by atoms with Crippen molar-refractivity contribution in [3.05, 3.63) is 86.6 Å². The first-order chi connectivity index (χ1) is 15.3. The van der Waals surface area contributed by atoms with Crippen molar-refractivity contribution in [3.8, 4) is 5.69 Å². The van der Waals surface area contributed by atoms with Crippen LogP contribution in [0.1, 0.15) is 46.1 Å². The Hall–Kier alpha value is -3.05. The quantitative estimate of drug-likeness (QED) is 0.470. The third-order valence-electron chi connectivity index (χ3n) is 6.13. The molecule has 4 nitrogen and oxygen atoms in total. The van der Waals surface area contributed by atoms with E-state index in [0.717, 1.165) is 34.6 Å². The van der Waals surface area contributed by atoms with E-state index in [1.165, 1.54) is 34.1 Å². The van der Waals surface area contributed by atoms with E-state index in [-0.39, 0.29) is 5.91 Å². The summed E-state index contributed by atoms with van der Waals surface area (Å²) in [7, 11) is 0. The summed E-state index contributed by atoms with van der Waals surface area (Å²) in [6, 6.07) is 14.7. The normalized spacial score (nSPS) is 16.2. The number of aromatic nitrogens is 1. The second-order valence-electron chi connectivity index (χ2n) is 8.30. The van der Waals surface area contributed by atoms with Crippen molar-refractivity contribution < 1.29 is 4.79 Å². The Kier molecular flexibility index (Phi) is 6.11. The fraction of sp³-hybridized carbons (Fsp3) is 0.259. The molecule has 2 aromatic carbocycles. The molecule has 1 aromatic heterocycles. The van der Waals surface area contributed by atoms with Gasteiger partial charge in [-0.3, -0.25) is 4.79 Å². The maximum absolute atomic E-state index is 12.7. The molecule has 0 bridgehead atoms. The standard InChI is InChI=1S/C27H29N3OS/c1-7-21-12-8-11-17(3)25(21)30-18(4)14-22(20(30)6)15-24-26(31)29-27(32-24)28-23-13-9-10-16(2)19(23)5/h8-15H,7H2,1-6H3,(H,28,29,31)/b24-15-. The first kappa shape index (κ1) is 22.2. The summed E-state index contributed by atoms with van der Waals surface area (Å²) >= 11 is 1.39. The Morgan fingerprint density at radius 3 is 2.50 bits per heavy atom. The van der Waals surface area contributed by atoms with Gasteiger partial charge < -0.3 is 9.88 Å². The fourth-order valence-corrected chi connectivity index (χ4v) is 5.02. The first-order valence-electron chi connectivity index (χ1n) is 10.9. The minimum Gasteiger partial charge on any atom is -0.317 e. The number of thioether (sulfide) groups is 1. The molecule has 0 atom stereocenters. The lowest BCUT2D eigenvalue weighted by Crippen LogP contribution is -2.19. The molecular formula is C27H29N3OS. The zero-order chi connectivity index (χ0) is 23.0. The molecule has 0 spiro atoms. The summed E-state index contributed by atoms with van der Waals surface area (Å²) in [5, 5.41) is 3.54. The van der Waals surface area contributed by atoms with Gasteiger partial charge in [0.15, 0.2) is 5.17 Å². The summed E-state index contributed by atoms with van der Waals surface area (Å²) < 4.78 is 2.31. The minimum absolute atomic E-state index is 0.103. The summed E-state index contributed by atoms with van der Waals surface area (Å²) in [4.78, 5) is 18.0. The van der Waals surface area contributed by atoms with E-state index in [0.29, 0.717) is 10.1 Å². The van der Waals surface area contributed by atoms with Gasteiger partial charge in [0.05, 0.1) is 16.3 Å². The molecule has 4 rings (SSSR count). The molecular weight excluding hydrogens is 414 g/mol. The fourth-order valence-electron chi connectivity index (χ4n) is 4.19. The molecule has 2 heterocycles. The number of nitrogens with zero attached hydrogens (tertiary/aromatic N) is 2. The first-order valence-corrected chi connectivity index (χ1v) is 11.8. The molecule has 0 aliphatic carbocycles. The van der Waals surface area contributed by atoms with Crippen LogP contribution >= 0.6 is 11.8 Å². The Morgan fingerprint density at radius 2 is 1.75 bits per heavy atom. The zero-order valence-electron chi connectivity index (χ0n) is 19.5. The van der Waals surface area contributed by atoms with Crippen molar-refractivity contribution in [1.29, 1.82) is 0 Å². The van der Waals surface area contributed by atoms with Crippen LogP contribution in [0.5, 0.6) is 0 Å². The number of amidine groups is 1. The number of hydrogen-bond acceptors (Lipinski definition) is 3. The minimum atomic E-state index is -0.103. The molecule has 3 aromatic rings. The van der Waals surface area contributed by atoms with Crippen molar-refractivity contribution in [1.82, 2.24) is 9.88 Å². The molecule has 1 N–H and O–H groups in total. The number of aliphatic imine (C=N–C) groups is 1. The topological polar surface area (TPSA) is 46.4 Å². The number of carbonyl (C=O) groups is 1. The number of rotatable bonds is 4. The highest BCUT2D eigenvalue weighted by molar-refractivity contribution is 8.18. The Bertz CT molecular complexity index is 1280. The highest BCUT2D eigenvalue weighted by Gasteiger charge is 2.25. The van der Waals surface area contributed by atoms with E-state index < -0.39 is 0 Å². The Morgan fingerprint density at radius 1 is 1.03 bits per heavy atom. The molecule has 0 radical (unpaired) electrons. The van der Waals surface area contributed by atoms with Crippen molar-refractivity contribution in [2.45, 2.75) is 48.0 Å². The Labute approximate surface area is 194 Å². The van der Waals surface area contributed by atoms with Gasteiger partial charge in [0.2, 0.25) is 0 Å². The van der Waals surface area contributed by atoms with Gasteiger partial charge in [-0.25, -0.2) is 4.99 Å². The molecule has 0 saturated carbocycles. The van der Waals surface area contributed by atoms with Gasteiger partial charge in [-0.15, -0.1) is 0 Å². The van der Waals surface area contributed by atoms with E-state index >= 15 is 0 Å². The number of para-hydroxylation sites is 1. The molecule has 1 amide bonds. The molecule has 1 saturated heterocycles. The van der Waals surface area contributed by atoms with Gasteiger partial charge in [-0.05, 0) is 98.8 Å². The smallest absolute Gasteiger partial charge is 0.264 e. The number of amides is 1. The lowest BCUT2D eigenvalue weighted by molar-refractivity contribution is -0.115. The van der Waals surface area contributed by atoms with E-state index in [2.05, 4.69) is 86.8 Å². The van der Waals surface area contributed by atoms with E-state index in [4.69, 9.17) is 0 Å². The third kappa shape index (κ3) is 4.05. The summed E-state index contributed by atoms with van der Waals surface area (Å²) in [5.74, 6) is -0.103. The average molecular weight is 444 g/mol. The van der Waals surface area contributed by atoms with Gasteiger partial charge in [0.1, 0.15) is 0 Å². The molecule has 1 fully saturated rings. The van der Waals surface area contributed by atoms with Crippen molar-refractivity contribution in [3.63, 3.8) is 0 Å². The van der Waals surface area contributed by atoms with Crippen LogP contribution in [0.25, 0.3) is 11.8 Å². The monoisotopic (exact) mass is 443 g/mol. The highest BCUT2D eigenvalue weighted by atomic mass is 32.2. The highest BCUT2D eigenvalue weighted by Crippen LogP contribution is 2.32. The summed E-state index contributed by atoms with van der Waals surface area (Å²) in [6.07, 6.45) is 2.95. The van der Waals surface area contributed by atoms with E-state index in [1.54, 1.807) is 0 Å². The van der Waals surface area contributed by atoms with Gasteiger partial charge in [0.25, 0.3) is 5.91 Å². The second kappa shape index (κ2) is 8.83. The van der Waals surface area contributed by atoms with Crippen LogP contribution in [0.15, 0.2) is 52.4 Å². The molecule has 0 unspecified atom stereocenters. The maximum atomic E-state index is 12.7. The maximum Gasteiger partial charge on any atom is 0.264 e. The predicted molar refractivity (Wildman–Crippen MR) is 136 cm³/mol. The molecule has 1 aliphatic rings. The predicted octanol–water partition coefficient (Wildman–Crippen LogP) is 6.47. The number of nitrogens with one attached hydrogen (secondary N) is 1. The number of aryl methyl sites for hydroxylation is 4. The van der Waals surface area contributed by atoms with E-state index in [1.807, 2.05) is 18.2 Å². The van der Waals surface area contributed by atoms with Crippen molar-refractivity contribution in [2.75, 3.05) is 0 Å². The van der Waals surface area contributed by atoms with Crippen LogP contribution in [0, 0.1) is 34.6 Å². The number of benzene rings is 2. The SMILES string of the molecule is CCc1cccc(C)c1-n1c(C)cc(/C=C2\SC(=Nc3cccc(C)c3C)NC2=O)c1C. The number of carbonyl (C=O) groups excluding carboxylic acids is 1. The molecule has 1 aliphatic heterocycles. The van der Waals surface area contributed by atoms with Crippen LogP contribution in [0.2, 0.25) is 0 Å². The molecule has 164 valence electrons. The molecule has 5 heteroatoms. The third-order valence-corrected chi connectivity index (χ3v) is 7.04. The van der Waals surface area contributed by atoms with Crippen LogP contribution < -0.4 is 5.32 Å². The Balaban J connectivity index is 1.70. The van der Waals surface area contributed by atoms with Crippen molar-refractivity contribution in [2.24, 2.45) is 4.99 Å². The van der Waals surface area contributed by atoms with Gasteiger partial charge in [-0.1, -0.05) is 37.3 Å². The molecule has 32 heavy (non-hydrogen) atoms. The van der Waals surface area contributed by atoms with E-state index in [9.17, 15) is 4.79 Å². The van der Waals surface area contributed by atoms with Crippen LogP contribution in [0.3, 0.4) is 0 Å². The lowest BCUT2D eigenvalue weighted by Gasteiger charge is -2.17. The number of hydrogen-bond donors (Lipinski definition) is 1. The zero-order valence-corrected chi connectivity index (χ0v) is 20.4. The van der Waals surface area contributed by atoms with Crippen molar-refractivity contribution >= 4 is 34.6 Å². The average Bonchev–Trinajstić information content (AvgIpc) is 3.23. The van der Waals surface area contributed by atoms with Crippen LogP contribution in [-0.4, -0.2) is 15.6 Å².